The predicted molar refractivity (Wildman–Crippen MR) is 79.7 cm³/mol. The second-order valence-corrected chi connectivity index (χ2v) is 6.52. The van der Waals surface area contributed by atoms with Crippen molar-refractivity contribution in [3.05, 3.63) is 35.2 Å². The molecule has 0 aliphatic heterocycles. The molecule has 0 spiro atoms. The molecular formula is C16H20O2S. The maximum atomic E-state index is 10.8. The van der Waals surface area contributed by atoms with Crippen LogP contribution in [-0.4, -0.2) is 23.9 Å². The summed E-state index contributed by atoms with van der Waals surface area (Å²) in [4.78, 5) is 0. The van der Waals surface area contributed by atoms with Crippen molar-refractivity contribution in [1.82, 2.24) is 0 Å². The molecule has 0 amide bonds. The first kappa shape index (κ1) is 13.1. The van der Waals surface area contributed by atoms with Gasteiger partial charge < -0.3 is 9.84 Å². The van der Waals surface area contributed by atoms with Crippen molar-refractivity contribution in [3.63, 3.8) is 0 Å². The van der Waals surface area contributed by atoms with Crippen molar-refractivity contribution < 1.29 is 9.84 Å². The van der Waals surface area contributed by atoms with E-state index in [1.54, 1.807) is 18.4 Å². The molecule has 19 heavy (non-hydrogen) atoms. The third-order valence-electron chi connectivity index (χ3n) is 4.19. The highest BCUT2D eigenvalue weighted by atomic mass is 32.1. The fourth-order valence-electron chi connectivity index (χ4n) is 3.17. The minimum absolute atomic E-state index is 0.212. The lowest BCUT2D eigenvalue weighted by molar-refractivity contribution is -0.0579. The van der Waals surface area contributed by atoms with E-state index in [-0.39, 0.29) is 6.10 Å². The lowest BCUT2D eigenvalue weighted by Crippen LogP contribution is -2.40. The maximum Gasteiger partial charge on any atom is 0.0713 e. The first-order valence-electron chi connectivity index (χ1n) is 6.90. The van der Waals surface area contributed by atoms with Crippen molar-refractivity contribution in [2.75, 3.05) is 7.11 Å². The van der Waals surface area contributed by atoms with Crippen molar-refractivity contribution >= 4 is 21.4 Å². The van der Waals surface area contributed by atoms with Crippen LogP contribution in [0.1, 0.15) is 31.2 Å². The lowest BCUT2D eigenvalue weighted by Gasteiger charge is -2.36. The first-order chi connectivity index (χ1) is 9.20. The zero-order valence-corrected chi connectivity index (χ0v) is 12.1. The van der Waals surface area contributed by atoms with Crippen molar-refractivity contribution in [2.24, 2.45) is 0 Å². The van der Waals surface area contributed by atoms with Crippen LogP contribution in [0.4, 0.5) is 0 Å². The first-order valence-corrected chi connectivity index (χ1v) is 7.78. The lowest BCUT2D eigenvalue weighted by atomic mass is 9.79. The van der Waals surface area contributed by atoms with Gasteiger partial charge in [0.05, 0.1) is 11.7 Å². The Morgan fingerprint density at radius 3 is 3.11 bits per heavy atom. The van der Waals surface area contributed by atoms with Crippen LogP contribution >= 0.6 is 11.3 Å². The van der Waals surface area contributed by atoms with Gasteiger partial charge in [-0.25, -0.2) is 0 Å². The number of rotatable bonds is 3. The molecule has 0 saturated heterocycles. The molecule has 0 bridgehead atoms. The van der Waals surface area contributed by atoms with Gasteiger partial charge in [-0.05, 0) is 41.7 Å². The standard InChI is InChI=1S/C16H20O2S/c1-18-13-5-4-8-16(17,10-13)9-12-11-19-15-7-3-2-6-14(12)15/h2-3,6-7,11,13,17H,4-5,8-10H2,1H3. The molecule has 1 heterocycles. The van der Waals surface area contributed by atoms with E-state index in [0.717, 1.165) is 32.1 Å². The Bertz CT molecular complexity index is 563. The molecule has 1 aromatic carbocycles. The second kappa shape index (κ2) is 5.23. The molecule has 1 aliphatic carbocycles. The number of methoxy groups -OCH3 is 1. The molecule has 2 atom stereocenters. The van der Waals surface area contributed by atoms with Crippen molar-refractivity contribution in [2.45, 2.75) is 43.8 Å². The highest BCUT2D eigenvalue weighted by Crippen LogP contribution is 2.36. The largest absolute Gasteiger partial charge is 0.389 e. The summed E-state index contributed by atoms with van der Waals surface area (Å²) in [5.74, 6) is 0. The zero-order chi connectivity index (χ0) is 13.3. The molecule has 1 fully saturated rings. The Balaban J connectivity index is 1.83. The van der Waals surface area contributed by atoms with Gasteiger partial charge in [0.15, 0.2) is 0 Å². The summed E-state index contributed by atoms with van der Waals surface area (Å²) >= 11 is 1.77. The summed E-state index contributed by atoms with van der Waals surface area (Å²) in [6, 6.07) is 8.44. The second-order valence-electron chi connectivity index (χ2n) is 5.61. The van der Waals surface area contributed by atoms with E-state index in [2.05, 4.69) is 29.6 Å². The fourth-order valence-corrected chi connectivity index (χ4v) is 4.14. The van der Waals surface area contributed by atoms with Crippen LogP contribution < -0.4 is 0 Å². The third-order valence-corrected chi connectivity index (χ3v) is 5.20. The van der Waals surface area contributed by atoms with Crippen LogP contribution in [0.5, 0.6) is 0 Å². The number of fused-ring (bicyclic) bond motifs is 1. The molecule has 1 saturated carbocycles. The van der Waals surface area contributed by atoms with E-state index >= 15 is 0 Å². The van der Waals surface area contributed by atoms with Crippen LogP contribution in [0.2, 0.25) is 0 Å². The number of hydrogen-bond donors (Lipinski definition) is 1. The Morgan fingerprint density at radius 1 is 1.42 bits per heavy atom. The third kappa shape index (κ3) is 2.69. The minimum atomic E-state index is -0.594. The number of hydrogen-bond acceptors (Lipinski definition) is 3. The van der Waals surface area contributed by atoms with Crippen LogP contribution in [0.3, 0.4) is 0 Å². The summed E-state index contributed by atoms with van der Waals surface area (Å²) in [5, 5.41) is 14.3. The Kier molecular flexibility index (Phi) is 3.61. The van der Waals surface area contributed by atoms with Crippen LogP contribution in [-0.2, 0) is 11.2 Å². The molecular weight excluding hydrogens is 256 g/mol. The van der Waals surface area contributed by atoms with Gasteiger partial charge in [0, 0.05) is 24.7 Å². The molecule has 0 radical (unpaired) electrons. The van der Waals surface area contributed by atoms with Crippen molar-refractivity contribution in [3.8, 4) is 0 Å². The summed E-state index contributed by atoms with van der Waals surface area (Å²) < 4.78 is 6.74. The average molecular weight is 276 g/mol. The van der Waals surface area contributed by atoms with Gasteiger partial charge in [-0.1, -0.05) is 18.2 Å². The molecule has 3 heteroatoms. The van der Waals surface area contributed by atoms with E-state index in [4.69, 9.17) is 4.74 Å². The predicted octanol–water partition coefficient (Wildman–Crippen LogP) is 3.76. The average Bonchev–Trinajstić information content (AvgIpc) is 2.82. The van der Waals surface area contributed by atoms with Crippen LogP contribution in [0.25, 0.3) is 10.1 Å². The molecule has 2 unspecified atom stereocenters. The van der Waals surface area contributed by atoms with E-state index in [1.165, 1.54) is 15.6 Å². The molecule has 1 N–H and O–H groups in total. The molecule has 2 aromatic rings. The Morgan fingerprint density at radius 2 is 2.26 bits per heavy atom. The summed E-state index contributed by atoms with van der Waals surface area (Å²) in [6.45, 7) is 0. The van der Waals surface area contributed by atoms with E-state index in [0.29, 0.717) is 0 Å². The van der Waals surface area contributed by atoms with Gasteiger partial charge in [0.2, 0.25) is 0 Å². The number of ether oxygens (including phenoxy) is 1. The molecule has 2 nitrogen and oxygen atoms in total. The highest BCUT2D eigenvalue weighted by molar-refractivity contribution is 7.17. The van der Waals surface area contributed by atoms with Crippen LogP contribution in [0, 0.1) is 0 Å². The number of thiophene rings is 1. The van der Waals surface area contributed by atoms with E-state index < -0.39 is 5.60 Å². The van der Waals surface area contributed by atoms with Gasteiger partial charge in [0.25, 0.3) is 0 Å². The summed E-state index contributed by atoms with van der Waals surface area (Å²) in [6.07, 6.45) is 4.73. The number of benzene rings is 1. The van der Waals surface area contributed by atoms with E-state index in [9.17, 15) is 5.11 Å². The van der Waals surface area contributed by atoms with Gasteiger partial charge in [-0.15, -0.1) is 11.3 Å². The SMILES string of the molecule is COC1CCCC(O)(Cc2csc3ccccc23)C1. The quantitative estimate of drug-likeness (QED) is 0.925. The molecule has 1 aromatic heterocycles. The molecule has 102 valence electrons. The molecule has 1 aliphatic rings. The summed E-state index contributed by atoms with van der Waals surface area (Å²) in [5.41, 5.74) is 0.683. The Hall–Kier alpha value is -0.900. The summed E-state index contributed by atoms with van der Waals surface area (Å²) in [7, 11) is 1.75. The van der Waals surface area contributed by atoms with Crippen LogP contribution in [0.15, 0.2) is 29.6 Å². The monoisotopic (exact) mass is 276 g/mol. The number of aliphatic hydroxyl groups is 1. The van der Waals surface area contributed by atoms with E-state index in [1.807, 2.05) is 0 Å². The topological polar surface area (TPSA) is 29.5 Å². The van der Waals surface area contributed by atoms with Gasteiger partial charge in [-0.3, -0.25) is 0 Å². The highest BCUT2D eigenvalue weighted by Gasteiger charge is 2.35. The molecule has 3 rings (SSSR count). The minimum Gasteiger partial charge on any atom is -0.389 e. The van der Waals surface area contributed by atoms with Gasteiger partial charge in [0.1, 0.15) is 0 Å². The van der Waals surface area contributed by atoms with Crippen molar-refractivity contribution in [1.29, 1.82) is 0 Å². The normalized spacial score (nSPS) is 27.8. The van der Waals surface area contributed by atoms with Gasteiger partial charge in [-0.2, -0.15) is 0 Å². The maximum absolute atomic E-state index is 10.8. The Labute approximate surface area is 118 Å². The fraction of sp³-hybridized carbons (Fsp3) is 0.500. The zero-order valence-electron chi connectivity index (χ0n) is 11.3. The smallest absolute Gasteiger partial charge is 0.0713 e. The van der Waals surface area contributed by atoms with Gasteiger partial charge >= 0.3 is 0 Å².